The number of nitrogens with zero attached hydrogens (tertiary/aromatic N) is 3. The van der Waals surface area contributed by atoms with Crippen molar-refractivity contribution in [1.82, 2.24) is 20.6 Å². The van der Waals surface area contributed by atoms with Gasteiger partial charge < -0.3 is 5.73 Å². The van der Waals surface area contributed by atoms with Gasteiger partial charge in [0.05, 0.1) is 6.04 Å². The minimum absolute atomic E-state index is 0.349. The van der Waals surface area contributed by atoms with E-state index in [0.29, 0.717) is 5.82 Å². The molecule has 3 rings (SSSR count). The molecule has 0 fully saturated rings. The summed E-state index contributed by atoms with van der Waals surface area (Å²) < 4.78 is 0. The van der Waals surface area contributed by atoms with Crippen molar-refractivity contribution in [2.45, 2.75) is 6.04 Å². The quantitative estimate of drug-likeness (QED) is 0.690. The van der Waals surface area contributed by atoms with E-state index in [1.807, 2.05) is 24.3 Å². The SMILES string of the molecule is NC(c1ccc2ccccc2c1)c1nn[nH]n1. The molecule has 1 aromatic heterocycles. The van der Waals surface area contributed by atoms with Crippen molar-refractivity contribution in [3.8, 4) is 0 Å². The molecule has 1 atom stereocenters. The van der Waals surface area contributed by atoms with Gasteiger partial charge in [-0.1, -0.05) is 41.6 Å². The summed E-state index contributed by atoms with van der Waals surface area (Å²) in [6.45, 7) is 0. The van der Waals surface area contributed by atoms with E-state index < -0.39 is 0 Å². The standard InChI is InChI=1S/C12H11N5/c13-11(12-14-16-17-15-12)10-6-5-8-3-1-2-4-9(8)7-10/h1-7,11H,13H2,(H,14,15,16,17). The fraction of sp³-hybridized carbons (Fsp3) is 0.0833. The smallest absolute Gasteiger partial charge is 0.195 e. The maximum absolute atomic E-state index is 6.07. The van der Waals surface area contributed by atoms with Crippen LogP contribution in [0.25, 0.3) is 10.8 Å². The summed E-state index contributed by atoms with van der Waals surface area (Å²) in [4.78, 5) is 0. The molecule has 0 saturated heterocycles. The van der Waals surface area contributed by atoms with E-state index in [1.165, 1.54) is 5.39 Å². The first-order chi connectivity index (χ1) is 8.34. The van der Waals surface area contributed by atoms with Crippen molar-refractivity contribution in [2.75, 3.05) is 0 Å². The molecule has 5 heteroatoms. The highest BCUT2D eigenvalue weighted by Crippen LogP contribution is 2.21. The number of H-pyrrole nitrogens is 1. The van der Waals surface area contributed by atoms with Gasteiger partial charge in [-0.3, -0.25) is 0 Å². The van der Waals surface area contributed by atoms with Crippen LogP contribution >= 0.6 is 0 Å². The molecule has 0 spiro atoms. The predicted octanol–water partition coefficient (Wildman–Crippen LogP) is 1.40. The second kappa shape index (κ2) is 3.95. The Labute approximate surface area is 97.6 Å². The molecule has 3 N–H and O–H groups in total. The summed E-state index contributed by atoms with van der Waals surface area (Å²) >= 11 is 0. The van der Waals surface area contributed by atoms with Gasteiger partial charge in [-0.25, -0.2) is 0 Å². The Kier molecular flexibility index (Phi) is 2.31. The molecule has 0 aliphatic rings. The Bertz CT molecular complexity index is 632. The number of hydrogen-bond acceptors (Lipinski definition) is 4. The first-order valence-corrected chi connectivity index (χ1v) is 5.32. The number of rotatable bonds is 2. The Morgan fingerprint density at radius 3 is 2.65 bits per heavy atom. The minimum Gasteiger partial charge on any atom is -0.318 e. The third kappa shape index (κ3) is 1.76. The van der Waals surface area contributed by atoms with Crippen LogP contribution in [-0.4, -0.2) is 20.6 Å². The lowest BCUT2D eigenvalue weighted by Gasteiger charge is -2.08. The lowest BCUT2D eigenvalue weighted by Crippen LogP contribution is -2.13. The highest BCUT2D eigenvalue weighted by Gasteiger charge is 2.13. The number of nitrogens with one attached hydrogen (secondary N) is 1. The summed E-state index contributed by atoms with van der Waals surface area (Å²) in [5.41, 5.74) is 7.04. The zero-order chi connectivity index (χ0) is 11.7. The van der Waals surface area contributed by atoms with Crippen LogP contribution in [0.2, 0.25) is 0 Å². The molecule has 0 aliphatic carbocycles. The first-order valence-electron chi connectivity index (χ1n) is 5.32. The normalized spacial score (nSPS) is 12.8. The highest BCUT2D eigenvalue weighted by molar-refractivity contribution is 5.83. The van der Waals surface area contributed by atoms with Crippen molar-refractivity contribution in [1.29, 1.82) is 0 Å². The molecule has 1 heterocycles. The van der Waals surface area contributed by atoms with E-state index in [-0.39, 0.29) is 6.04 Å². The van der Waals surface area contributed by atoms with E-state index in [1.54, 1.807) is 0 Å². The van der Waals surface area contributed by atoms with Crippen molar-refractivity contribution < 1.29 is 0 Å². The number of fused-ring (bicyclic) bond motifs is 1. The average Bonchev–Trinajstić information content (AvgIpc) is 2.91. The molecule has 0 amide bonds. The fourth-order valence-corrected chi connectivity index (χ4v) is 1.85. The Morgan fingerprint density at radius 2 is 1.88 bits per heavy atom. The van der Waals surface area contributed by atoms with Gasteiger partial charge in [-0.2, -0.15) is 5.21 Å². The van der Waals surface area contributed by atoms with Gasteiger partial charge in [-0.05, 0) is 22.4 Å². The van der Waals surface area contributed by atoms with Crippen molar-refractivity contribution >= 4 is 10.8 Å². The van der Waals surface area contributed by atoms with Crippen LogP contribution in [0.15, 0.2) is 42.5 Å². The van der Waals surface area contributed by atoms with Gasteiger partial charge in [-0.15, -0.1) is 10.2 Å². The second-order valence-electron chi connectivity index (χ2n) is 3.85. The summed E-state index contributed by atoms with van der Waals surface area (Å²) in [6.07, 6.45) is 0. The number of benzene rings is 2. The van der Waals surface area contributed by atoms with Gasteiger partial charge in [0.25, 0.3) is 0 Å². The molecule has 0 radical (unpaired) electrons. The third-order valence-electron chi connectivity index (χ3n) is 2.77. The molecular formula is C12H11N5. The van der Waals surface area contributed by atoms with E-state index in [9.17, 15) is 0 Å². The van der Waals surface area contributed by atoms with Gasteiger partial charge in [0, 0.05) is 0 Å². The summed E-state index contributed by atoms with van der Waals surface area (Å²) in [6, 6.07) is 13.9. The average molecular weight is 225 g/mol. The Morgan fingerprint density at radius 1 is 1.06 bits per heavy atom. The molecule has 5 nitrogen and oxygen atoms in total. The van der Waals surface area contributed by atoms with E-state index in [4.69, 9.17) is 5.73 Å². The van der Waals surface area contributed by atoms with Gasteiger partial charge in [0.2, 0.25) is 0 Å². The van der Waals surface area contributed by atoms with Crippen LogP contribution in [-0.2, 0) is 0 Å². The van der Waals surface area contributed by atoms with E-state index in [2.05, 4.69) is 38.8 Å². The number of tetrazole rings is 1. The minimum atomic E-state index is -0.349. The van der Waals surface area contributed by atoms with Crippen LogP contribution in [0.5, 0.6) is 0 Å². The van der Waals surface area contributed by atoms with Crippen LogP contribution in [0.1, 0.15) is 17.4 Å². The first kappa shape index (κ1) is 9.92. The molecule has 84 valence electrons. The second-order valence-corrected chi connectivity index (χ2v) is 3.85. The summed E-state index contributed by atoms with van der Waals surface area (Å²) in [5.74, 6) is 0.500. The molecule has 3 aromatic rings. The van der Waals surface area contributed by atoms with Gasteiger partial charge in [0.1, 0.15) is 0 Å². The van der Waals surface area contributed by atoms with Crippen LogP contribution in [0, 0.1) is 0 Å². The third-order valence-corrected chi connectivity index (χ3v) is 2.77. The largest absolute Gasteiger partial charge is 0.318 e. The van der Waals surface area contributed by atoms with Crippen LogP contribution < -0.4 is 5.73 Å². The van der Waals surface area contributed by atoms with Crippen molar-refractivity contribution in [3.63, 3.8) is 0 Å². The topological polar surface area (TPSA) is 80.5 Å². The molecule has 0 aliphatic heterocycles. The van der Waals surface area contributed by atoms with Gasteiger partial charge >= 0.3 is 0 Å². The molecule has 0 bridgehead atoms. The number of aromatic amines is 1. The van der Waals surface area contributed by atoms with Crippen LogP contribution in [0.4, 0.5) is 0 Å². The molecule has 2 aromatic carbocycles. The molecule has 0 saturated carbocycles. The Balaban J connectivity index is 2.06. The predicted molar refractivity (Wildman–Crippen MR) is 64.2 cm³/mol. The monoisotopic (exact) mass is 225 g/mol. The lowest BCUT2D eigenvalue weighted by atomic mass is 10.0. The lowest BCUT2D eigenvalue weighted by molar-refractivity contribution is 0.786. The molecule has 17 heavy (non-hydrogen) atoms. The van der Waals surface area contributed by atoms with E-state index in [0.717, 1.165) is 10.9 Å². The molecule has 1 unspecified atom stereocenters. The maximum Gasteiger partial charge on any atom is 0.195 e. The van der Waals surface area contributed by atoms with Gasteiger partial charge in [0.15, 0.2) is 5.82 Å². The fourth-order valence-electron chi connectivity index (χ4n) is 1.85. The highest BCUT2D eigenvalue weighted by atomic mass is 15.5. The maximum atomic E-state index is 6.07. The number of hydrogen-bond donors (Lipinski definition) is 2. The molecular weight excluding hydrogens is 214 g/mol. The Hall–Kier alpha value is -2.27. The van der Waals surface area contributed by atoms with Crippen molar-refractivity contribution in [3.05, 3.63) is 53.9 Å². The zero-order valence-corrected chi connectivity index (χ0v) is 9.04. The zero-order valence-electron chi connectivity index (χ0n) is 9.04. The van der Waals surface area contributed by atoms with Crippen molar-refractivity contribution in [2.24, 2.45) is 5.73 Å². The number of aromatic nitrogens is 4. The van der Waals surface area contributed by atoms with Crippen LogP contribution in [0.3, 0.4) is 0 Å². The number of nitrogens with two attached hydrogens (primary N) is 1. The van der Waals surface area contributed by atoms with E-state index >= 15 is 0 Å². The summed E-state index contributed by atoms with van der Waals surface area (Å²) in [5, 5.41) is 16.1. The summed E-state index contributed by atoms with van der Waals surface area (Å²) in [7, 11) is 0.